The summed E-state index contributed by atoms with van der Waals surface area (Å²) >= 11 is 6.31. The first-order valence-electron chi connectivity index (χ1n) is 7.85. The van der Waals surface area contributed by atoms with Crippen LogP contribution in [0, 0.1) is 16.7 Å². The summed E-state index contributed by atoms with van der Waals surface area (Å²) in [5.74, 6) is 0.254. The SMILES string of the molecule is CC(C)(C)CCc1ccc(NC(=O)Nc2cnc(C#N)cn2)cc1Cl. The minimum atomic E-state index is -0.461. The van der Waals surface area contributed by atoms with E-state index in [1.807, 2.05) is 18.2 Å². The highest BCUT2D eigenvalue weighted by molar-refractivity contribution is 6.31. The van der Waals surface area contributed by atoms with Crippen molar-refractivity contribution in [2.75, 3.05) is 10.6 Å². The topological polar surface area (TPSA) is 90.7 Å². The number of halogens is 1. The van der Waals surface area contributed by atoms with Crippen molar-refractivity contribution in [2.24, 2.45) is 5.41 Å². The maximum absolute atomic E-state index is 12.0. The molecule has 2 aromatic rings. The quantitative estimate of drug-likeness (QED) is 0.834. The Kier molecular flexibility index (Phi) is 5.94. The Balaban J connectivity index is 1.96. The number of carbonyl (C=O) groups is 1. The third kappa shape index (κ3) is 6.05. The van der Waals surface area contributed by atoms with Crippen LogP contribution in [0.15, 0.2) is 30.6 Å². The number of anilines is 2. The smallest absolute Gasteiger partial charge is 0.308 e. The lowest BCUT2D eigenvalue weighted by atomic mass is 9.89. The van der Waals surface area contributed by atoms with E-state index in [4.69, 9.17) is 16.9 Å². The first kappa shape index (κ1) is 18.7. The maximum Gasteiger partial charge on any atom is 0.324 e. The number of hydrogen-bond donors (Lipinski definition) is 2. The van der Waals surface area contributed by atoms with Gasteiger partial charge in [0.05, 0.1) is 12.4 Å². The summed E-state index contributed by atoms with van der Waals surface area (Å²) in [5.41, 5.74) is 2.06. The van der Waals surface area contributed by atoms with Gasteiger partial charge < -0.3 is 5.32 Å². The van der Waals surface area contributed by atoms with Gasteiger partial charge in [-0.3, -0.25) is 5.32 Å². The molecule has 2 N–H and O–H groups in total. The van der Waals surface area contributed by atoms with Crippen LogP contribution in [0.4, 0.5) is 16.3 Å². The van der Waals surface area contributed by atoms with E-state index in [9.17, 15) is 4.79 Å². The average molecular weight is 358 g/mol. The van der Waals surface area contributed by atoms with Crippen molar-refractivity contribution >= 4 is 29.1 Å². The molecule has 2 amide bonds. The van der Waals surface area contributed by atoms with E-state index in [0.29, 0.717) is 10.7 Å². The number of hydrogen-bond acceptors (Lipinski definition) is 4. The summed E-state index contributed by atoms with van der Waals surface area (Å²) in [6, 6.07) is 6.86. The third-order valence-electron chi connectivity index (χ3n) is 3.46. The highest BCUT2D eigenvalue weighted by atomic mass is 35.5. The van der Waals surface area contributed by atoms with Gasteiger partial charge in [0.25, 0.3) is 0 Å². The summed E-state index contributed by atoms with van der Waals surface area (Å²) in [6.45, 7) is 6.56. The first-order chi connectivity index (χ1) is 11.8. The maximum atomic E-state index is 12.0. The van der Waals surface area contributed by atoms with Crippen LogP contribution in [0.5, 0.6) is 0 Å². The molecule has 2 rings (SSSR count). The van der Waals surface area contributed by atoms with Crippen molar-refractivity contribution in [3.8, 4) is 6.07 Å². The van der Waals surface area contributed by atoms with Crippen molar-refractivity contribution in [3.63, 3.8) is 0 Å². The van der Waals surface area contributed by atoms with Crippen LogP contribution < -0.4 is 10.6 Å². The minimum absolute atomic E-state index is 0.184. The lowest BCUT2D eigenvalue weighted by Gasteiger charge is -2.18. The molecule has 0 aliphatic rings. The number of carbonyl (C=O) groups excluding carboxylic acids is 1. The van der Waals surface area contributed by atoms with Gasteiger partial charge in [0.2, 0.25) is 0 Å². The molecule has 25 heavy (non-hydrogen) atoms. The number of aryl methyl sites for hydroxylation is 1. The van der Waals surface area contributed by atoms with Gasteiger partial charge in [0.15, 0.2) is 11.5 Å². The molecule has 0 unspecified atom stereocenters. The Hall–Kier alpha value is -2.65. The number of nitriles is 1. The van der Waals surface area contributed by atoms with Crippen LogP contribution in [0.25, 0.3) is 0 Å². The zero-order valence-electron chi connectivity index (χ0n) is 14.4. The molecule has 6 nitrogen and oxygen atoms in total. The molecule has 0 saturated heterocycles. The van der Waals surface area contributed by atoms with Crippen LogP contribution in [0.2, 0.25) is 5.02 Å². The molecule has 1 aromatic heterocycles. The van der Waals surface area contributed by atoms with Gasteiger partial charge in [0.1, 0.15) is 6.07 Å². The number of aromatic nitrogens is 2. The molecule has 0 saturated carbocycles. The molecule has 0 fully saturated rings. The average Bonchev–Trinajstić information content (AvgIpc) is 2.54. The number of urea groups is 1. The molecular formula is C18H20ClN5O. The number of benzene rings is 1. The zero-order valence-corrected chi connectivity index (χ0v) is 15.2. The second-order valence-electron chi connectivity index (χ2n) is 6.84. The van der Waals surface area contributed by atoms with E-state index in [2.05, 4.69) is 41.4 Å². The van der Waals surface area contributed by atoms with Gasteiger partial charge in [0, 0.05) is 10.7 Å². The zero-order chi connectivity index (χ0) is 18.4. The molecule has 0 radical (unpaired) electrons. The third-order valence-corrected chi connectivity index (χ3v) is 3.82. The van der Waals surface area contributed by atoms with E-state index in [1.165, 1.54) is 12.4 Å². The predicted molar refractivity (Wildman–Crippen MR) is 98.6 cm³/mol. The molecule has 130 valence electrons. The lowest BCUT2D eigenvalue weighted by Crippen LogP contribution is -2.20. The fourth-order valence-corrected chi connectivity index (χ4v) is 2.34. The second-order valence-corrected chi connectivity index (χ2v) is 7.25. The highest BCUT2D eigenvalue weighted by Gasteiger charge is 2.12. The molecular weight excluding hydrogens is 338 g/mol. The van der Waals surface area contributed by atoms with Crippen LogP contribution >= 0.6 is 11.6 Å². The van der Waals surface area contributed by atoms with E-state index in [-0.39, 0.29) is 16.9 Å². The van der Waals surface area contributed by atoms with E-state index >= 15 is 0 Å². The lowest BCUT2D eigenvalue weighted by molar-refractivity contribution is 0.262. The summed E-state index contributed by atoms with van der Waals surface area (Å²) in [4.78, 5) is 19.8. The predicted octanol–water partition coefficient (Wildman–Crippen LogP) is 4.62. The van der Waals surface area contributed by atoms with Crippen molar-refractivity contribution in [1.29, 1.82) is 5.26 Å². The Bertz CT molecular complexity index is 791. The summed E-state index contributed by atoms with van der Waals surface area (Å²) in [7, 11) is 0. The number of rotatable bonds is 4. The number of nitrogens with one attached hydrogen (secondary N) is 2. The normalized spacial score (nSPS) is 10.8. The van der Waals surface area contributed by atoms with Gasteiger partial charge in [-0.1, -0.05) is 38.4 Å². The van der Waals surface area contributed by atoms with E-state index in [0.717, 1.165) is 18.4 Å². The fraction of sp³-hybridized carbons (Fsp3) is 0.333. The van der Waals surface area contributed by atoms with Crippen molar-refractivity contribution in [2.45, 2.75) is 33.6 Å². The van der Waals surface area contributed by atoms with Crippen molar-refractivity contribution in [3.05, 3.63) is 46.9 Å². The molecule has 0 bridgehead atoms. The largest absolute Gasteiger partial charge is 0.324 e. The van der Waals surface area contributed by atoms with Crippen LogP contribution in [-0.4, -0.2) is 16.0 Å². The van der Waals surface area contributed by atoms with E-state index in [1.54, 1.807) is 6.07 Å². The fourth-order valence-electron chi connectivity index (χ4n) is 2.07. The molecule has 1 aromatic carbocycles. The number of amides is 2. The standard InChI is InChI=1S/C18H20ClN5O/c1-18(2,3)7-6-12-4-5-13(8-15(12)19)23-17(25)24-16-11-21-14(9-20)10-22-16/h4-5,8,10-11H,6-7H2,1-3H3,(H2,22,23,24,25). The van der Waals surface area contributed by atoms with Gasteiger partial charge in [-0.05, 0) is 36.0 Å². The Labute approximate surface area is 152 Å². The van der Waals surface area contributed by atoms with Crippen molar-refractivity contribution in [1.82, 2.24) is 9.97 Å². The van der Waals surface area contributed by atoms with Crippen LogP contribution in [0.1, 0.15) is 38.4 Å². The summed E-state index contributed by atoms with van der Waals surface area (Å²) in [5, 5.41) is 14.5. The number of nitrogens with zero attached hydrogens (tertiary/aromatic N) is 3. The van der Waals surface area contributed by atoms with Gasteiger partial charge in [-0.15, -0.1) is 0 Å². The first-order valence-corrected chi connectivity index (χ1v) is 8.23. The van der Waals surface area contributed by atoms with Gasteiger partial charge in [-0.25, -0.2) is 14.8 Å². The summed E-state index contributed by atoms with van der Waals surface area (Å²) < 4.78 is 0. The molecule has 0 aliphatic carbocycles. The Morgan fingerprint density at radius 1 is 1.24 bits per heavy atom. The highest BCUT2D eigenvalue weighted by Crippen LogP contribution is 2.27. The van der Waals surface area contributed by atoms with Crippen LogP contribution in [-0.2, 0) is 6.42 Å². The molecule has 1 heterocycles. The van der Waals surface area contributed by atoms with Crippen molar-refractivity contribution < 1.29 is 4.79 Å². The molecule has 7 heteroatoms. The van der Waals surface area contributed by atoms with Crippen LogP contribution in [0.3, 0.4) is 0 Å². The molecule has 0 aliphatic heterocycles. The van der Waals surface area contributed by atoms with Gasteiger partial charge in [-0.2, -0.15) is 5.26 Å². The molecule has 0 atom stereocenters. The Morgan fingerprint density at radius 3 is 2.56 bits per heavy atom. The minimum Gasteiger partial charge on any atom is -0.308 e. The second kappa shape index (κ2) is 7.95. The monoisotopic (exact) mass is 357 g/mol. The summed E-state index contributed by atoms with van der Waals surface area (Å²) in [6.07, 6.45) is 4.52. The van der Waals surface area contributed by atoms with Gasteiger partial charge >= 0.3 is 6.03 Å². The van der Waals surface area contributed by atoms with E-state index < -0.39 is 6.03 Å². The Morgan fingerprint density at radius 2 is 2.00 bits per heavy atom. The molecule has 0 spiro atoms.